The smallest absolute Gasteiger partial charge is 0.327 e. The van der Waals surface area contributed by atoms with Crippen LogP contribution < -0.4 is 21.7 Å². The monoisotopic (exact) mass is 479 g/mol. The number of fused-ring (bicyclic) bond motifs is 1. The molecule has 0 fully saturated rings. The number of benzene rings is 1. The number of aliphatic hydroxyl groups excluding tert-OH is 1. The van der Waals surface area contributed by atoms with E-state index in [0.29, 0.717) is 0 Å². The van der Waals surface area contributed by atoms with Gasteiger partial charge in [0.25, 0.3) is 0 Å². The van der Waals surface area contributed by atoms with Crippen molar-refractivity contribution in [3.05, 3.63) is 36.0 Å². The highest BCUT2D eigenvalue weighted by Gasteiger charge is 2.32. The number of thiol groups is 1. The molecule has 3 amide bonds. The number of carbonyl (C=O) groups is 4. The first-order valence-corrected chi connectivity index (χ1v) is 10.9. The zero-order valence-electron chi connectivity index (χ0n) is 18.2. The molecule has 11 nitrogen and oxygen atoms in total. The van der Waals surface area contributed by atoms with Gasteiger partial charge in [0, 0.05) is 29.3 Å². The number of rotatable bonds is 11. The Morgan fingerprint density at radius 2 is 1.67 bits per heavy atom. The van der Waals surface area contributed by atoms with E-state index in [1.165, 1.54) is 13.8 Å². The summed E-state index contributed by atoms with van der Waals surface area (Å²) in [5.74, 6) is -3.71. The van der Waals surface area contributed by atoms with Crippen LogP contribution in [0.15, 0.2) is 30.5 Å². The number of carboxylic acid groups (broad SMARTS) is 1. The van der Waals surface area contributed by atoms with Crippen molar-refractivity contribution in [2.75, 3.05) is 5.75 Å². The third-order valence-electron chi connectivity index (χ3n) is 5.01. The maximum absolute atomic E-state index is 13.1. The number of hydrogen-bond acceptors (Lipinski definition) is 7. The fraction of sp³-hybridized carbons (Fsp3) is 0.429. The molecular weight excluding hydrogens is 450 g/mol. The zero-order valence-corrected chi connectivity index (χ0v) is 19.1. The molecule has 1 aromatic heterocycles. The summed E-state index contributed by atoms with van der Waals surface area (Å²) in [5, 5.41) is 27.2. The number of amides is 3. The van der Waals surface area contributed by atoms with Gasteiger partial charge in [0.15, 0.2) is 0 Å². The standard InChI is InChI=1S/C21H29N5O6S/c1-10(22)18(28)24-15(7-12-8-23-14-6-4-3-5-13(12)14)19(29)26-17(11(2)27)20(30)25-16(9-33)21(31)32/h3-6,8,10-11,15-17,23,27,33H,7,9,22H2,1-2H3,(H,24,28)(H,25,30)(H,26,29)(H,31,32). The predicted octanol–water partition coefficient (Wildman–Crippen LogP) is -1.09. The Morgan fingerprint density at radius 1 is 1.03 bits per heavy atom. The molecule has 1 heterocycles. The molecule has 5 atom stereocenters. The lowest BCUT2D eigenvalue weighted by Gasteiger charge is -2.26. The average Bonchev–Trinajstić information content (AvgIpc) is 3.17. The predicted molar refractivity (Wildman–Crippen MR) is 125 cm³/mol. The quantitative estimate of drug-likeness (QED) is 0.188. The van der Waals surface area contributed by atoms with E-state index in [0.717, 1.165) is 16.5 Å². The third kappa shape index (κ3) is 6.94. The minimum atomic E-state index is -1.46. The van der Waals surface area contributed by atoms with Crippen LogP contribution in [0, 0.1) is 0 Å². The van der Waals surface area contributed by atoms with Crippen molar-refractivity contribution in [3.63, 3.8) is 0 Å². The van der Waals surface area contributed by atoms with E-state index >= 15 is 0 Å². The number of hydrogen-bond donors (Lipinski definition) is 8. The molecule has 2 rings (SSSR count). The summed E-state index contributed by atoms with van der Waals surface area (Å²) in [4.78, 5) is 52.1. The van der Waals surface area contributed by atoms with E-state index in [1.54, 1.807) is 6.20 Å². The van der Waals surface area contributed by atoms with Crippen LogP contribution in [0.2, 0.25) is 0 Å². The molecule has 0 radical (unpaired) electrons. The van der Waals surface area contributed by atoms with Crippen molar-refractivity contribution in [1.82, 2.24) is 20.9 Å². The number of nitrogens with two attached hydrogens (primary N) is 1. The lowest BCUT2D eigenvalue weighted by atomic mass is 10.0. The molecule has 1 aromatic carbocycles. The fourth-order valence-electron chi connectivity index (χ4n) is 3.14. The number of carbonyl (C=O) groups excluding carboxylic acids is 3. The second-order valence-corrected chi connectivity index (χ2v) is 8.09. The lowest BCUT2D eigenvalue weighted by molar-refractivity contribution is -0.142. The first-order chi connectivity index (χ1) is 15.5. The van der Waals surface area contributed by atoms with Crippen molar-refractivity contribution in [1.29, 1.82) is 0 Å². The molecule has 0 saturated heterocycles. The minimum absolute atomic E-state index is 0.0802. The molecule has 5 unspecified atom stereocenters. The Morgan fingerprint density at radius 3 is 2.24 bits per heavy atom. The number of nitrogens with one attached hydrogen (secondary N) is 4. The second kappa shape index (κ2) is 11.7. The highest BCUT2D eigenvalue weighted by molar-refractivity contribution is 7.80. The van der Waals surface area contributed by atoms with E-state index in [-0.39, 0.29) is 12.2 Å². The topological polar surface area (TPSA) is 187 Å². The summed E-state index contributed by atoms with van der Waals surface area (Å²) in [7, 11) is 0. The molecule has 0 bridgehead atoms. The Hall–Kier alpha value is -3.09. The molecule has 0 saturated carbocycles. The summed E-state index contributed by atoms with van der Waals surface area (Å²) in [6.45, 7) is 2.74. The van der Waals surface area contributed by atoms with E-state index in [2.05, 4.69) is 33.6 Å². The molecule has 0 aliphatic heterocycles. The summed E-state index contributed by atoms with van der Waals surface area (Å²) < 4.78 is 0. The fourth-order valence-corrected chi connectivity index (χ4v) is 3.39. The number of H-pyrrole nitrogens is 1. The molecular formula is C21H29N5O6S. The highest BCUT2D eigenvalue weighted by Crippen LogP contribution is 2.19. The number of aliphatic hydroxyl groups is 1. The number of aliphatic carboxylic acids is 1. The van der Waals surface area contributed by atoms with Gasteiger partial charge in [0.05, 0.1) is 12.1 Å². The van der Waals surface area contributed by atoms with Gasteiger partial charge in [-0.1, -0.05) is 18.2 Å². The normalized spacial score (nSPS) is 15.7. The summed E-state index contributed by atoms with van der Waals surface area (Å²) in [5.41, 5.74) is 7.22. The van der Waals surface area contributed by atoms with E-state index in [1.807, 2.05) is 24.3 Å². The lowest BCUT2D eigenvalue weighted by Crippen LogP contribution is -2.60. The van der Waals surface area contributed by atoms with Crippen molar-refractivity contribution in [3.8, 4) is 0 Å². The molecule has 33 heavy (non-hydrogen) atoms. The van der Waals surface area contributed by atoms with Gasteiger partial charge in [-0.2, -0.15) is 12.6 Å². The third-order valence-corrected chi connectivity index (χ3v) is 5.37. The van der Waals surface area contributed by atoms with Crippen molar-refractivity contribution in [2.45, 2.75) is 50.5 Å². The molecule has 0 aliphatic carbocycles. The minimum Gasteiger partial charge on any atom is -0.480 e. The van der Waals surface area contributed by atoms with Crippen LogP contribution in [-0.4, -0.2) is 74.9 Å². The van der Waals surface area contributed by atoms with Gasteiger partial charge in [0.2, 0.25) is 17.7 Å². The van der Waals surface area contributed by atoms with Crippen LogP contribution in [0.5, 0.6) is 0 Å². The Balaban J connectivity index is 2.25. The second-order valence-electron chi connectivity index (χ2n) is 7.72. The average molecular weight is 480 g/mol. The SMILES string of the molecule is CC(N)C(=O)NC(Cc1c[nH]c2ccccc12)C(=O)NC(C(=O)NC(CS)C(=O)O)C(C)O. The van der Waals surface area contributed by atoms with Gasteiger partial charge in [-0.25, -0.2) is 4.79 Å². The molecule has 180 valence electrons. The Kier molecular flexibility index (Phi) is 9.26. The van der Waals surface area contributed by atoms with Crippen molar-refractivity contribution < 1.29 is 29.4 Å². The van der Waals surface area contributed by atoms with Crippen LogP contribution in [0.1, 0.15) is 19.4 Å². The van der Waals surface area contributed by atoms with Gasteiger partial charge >= 0.3 is 5.97 Å². The first-order valence-electron chi connectivity index (χ1n) is 10.3. The number of carboxylic acids is 1. The van der Waals surface area contributed by atoms with Gasteiger partial charge in [-0.3, -0.25) is 14.4 Å². The highest BCUT2D eigenvalue weighted by atomic mass is 32.1. The maximum Gasteiger partial charge on any atom is 0.327 e. The van der Waals surface area contributed by atoms with Crippen LogP contribution >= 0.6 is 12.6 Å². The van der Waals surface area contributed by atoms with Crippen LogP contribution in [-0.2, 0) is 25.6 Å². The van der Waals surface area contributed by atoms with Gasteiger partial charge in [-0.05, 0) is 25.5 Å². The number of aromatic nitrogens is 1. The summed E-state index contributed by atoms with van der Waals surface area (Å²) >= 11 is 3.88. The van der Waals surface area contributed by atoms with Crippen LogP contribution in [0.25, 0.3) is 10.9 Å². The van der Waals surface area contributed by atoms with E-state index in [4.69, 9.17) is 10.8 Å². The molecule has 12 heteroatoms. The first kappa shape index (κ1) is 26.2. The van der Waals surface area contributed by atoms with Crippen LogP contribution in [0.3, 0.4) is 0 Å². The Labute approximate surface area is 195 Å². The largest absolute Gasteiger partial charge is 0.480 e. The van der Waals surface area contributed by atoms with Gasteiger partial charge in [0.1, 0.15) is 18.1 Å². The number of para-hydroxylation sites is 1. The van der Waals surface area contributed by atoms with Crippen LogP contribution in [0.4, 0.5) is 0 Å². The van der Waals surface area contributed by atoms with Crippen molar-refractivity contribution >= 4 is 47.2 Å². The van der Waals surface area contributed by atoms with Gasteiger partial charge in [-0.15, -0.1) is 0 Å². The van der Waals surface area contributed by atoms with Gasteiger partial charge < -0.3 is 36.9 Å². The maximum atomic E-state index is 13.1. The summed E-state index contributed by atoms with van der Waals surface area (Å²) in [6, 6.07) is 2.65. The van der Waals surface area contributed by atoms with E-state index < -0.39 is 54.0 Å². The molecule has 2 aromatic rings. The molecule has 0 aliphatic rings. The number of aromatic amines is 1. The van der Waals surface area contributed by atoms with Crippen molar-refractivity contribution in [2.24, 2.45) is 5.73 Å². The zero-order chi connectivity index (χ0) is 24.7. The molecule has 0 spiro atoms. The molecule has 8 N–H and O–H groups in total. The Bertz CT molecular complexity index is 1010. The summed E-state index contributed by atoms with van der Waals surface area (Å²) in [6.07, 6.45) is 0.448. The van der Waals surface area contributed by atoms with E-state index in [9.17, 15) is 24.3 Å².